The van der Waals surface area contributed by atoms with Gasteiger partial charge in [0.15, 0.2) is 5.13 Å². The number of allylic oxidation sites excluding steroid dienone is 3. The summed E-state index contributed by atoms with van der Waals surface area (Å²) < 4.78 is 0. The Morgan fingerprint density at radius 3 is 2.90 bits per heavy atom. The van der Waals surface area contributed by atoms with Crippen molar-refractivity contribution in [1.82, 2.24) is 9.97 Å². The number of hydrogen-bond acceptors (Lipinski definition) is 4. The van der Waals surface area contributed by atoms with Crippen molar-refractivity contribution in [1.29, 1.82) is 0 Å². The molecule has 2 heterocycles. The first-order valence-corrected chi connectivity index (χ1v) is 7.01. The van der Waals surface area contributed by atoms with Gasteiger partial charge in [0.05, 0.1) is 16.3 Å². The van der Waals surface area contributed by atoms with Gasteiger partial charge in [-0.3, -0.25) is 15.1 Å². The number of pyridine rings is 1. The zero-order chi connectivity index (χ0) is 14.4. The van der Waals surface area contributed by atoms with Crippen LogP contribution < -0.4 is 5.32 Å². The van der Waals surface area contributed by atoms with Crippen LogP contribution in [0.5, 0.6) is 0 Å². The highest BCUT2D eigenvalue weighted by Gasteiger charge is 2.11. The molecule has 20 heavy (non-hydrogen) atoms. The van der Waals surface area contributed by atoms with Crippen LogP contribution in [-0.2, 0) is 4.79 Å². The molecule has 0 unspecified atom stereocenters. The number of anilines is 1. The van der Waals surface area contributed by atoms with Crippen molar-refractivity contribution in [2.75, 3.05) is 5.32 Å². The van der Waals surface area contributed by atoms with Gasteiger partial charge in [0.25, 0.3) is 0 Å². The summed E-state index contributed by atoms with van der Waals surface area (Å²) in [6.07, 6.45) is 8.56. The lowest BCUT2D eigenvalue weighted by molar-refractivity contribution is -0.111. The summed E-state index contributed by atoms with van der Waals surface area (Å²) >= 11 is 1.42. The SMILES string of the molecule is CC=CC=CC(=O)Nc1nc(C)c(-c2ccccn2)s1. The summed E-state index contributed by atoms with van der Waals surface area (Å²) in [6, 6.07) is 5.73. The average Bonchev–Trinajstić information content (AvgIpc) is 2.81. The lowest BCUT2D eigenvalue weighted by Gasteiger charge is -1.95. The molecule has 0 aliphatic carbocycles. The summed E-state index contributed by atoms with van der Waals surface area (Å²) in [5, 5.41) is 3.33. The van der Waals surface area contributed by atoms with Gasteiger partial charge in [0.1, 0.15) is 0 Å². The van der Waals surface area contributed by atoms with Crippen LogP contribution in [-0.4, -0.2) is 15.9 Å². The van der Waals surface area contributed by atoms with Crippen molar-refractivity contribution < 1.29 is 4.79 Å². The molecule has 0 aliphatic heterocycles. The van der Waals surface area contributed by atoms with Gasteiger partial charge in [-0.05, 0) is 26.0 Å². The van der Waals surface area contributed by atoms with E-state index in [0.717, 1.165) is 16.3 Å². The summed E-state index contributed by atoms with van der Waals surface area (Å²) in [5.74, 6) is -0.190. The number of carbonyl (C=O) groups is 1. The maximum Gasteiger partial charge on any atom is 0.250 e. The maximum atomic E-state index is 11.7. The Kier molecular flexibility index (Phi) is 4.79. The van der Waals surface area contributed by atoms with Crippen molar-refractivity contribution >= 4 is 22.4 Å². The molecule has 102 valence electrons. The molecule has 4 nitrogen and oxygen atoms in total. The summed E-state index contributed by atoms with van der Waals surface area (Å²) in [5.41, 5.74) is 1.73. The molecule has 0 radical (unpaired) electrons. The third-order valence-corrected chi connectivity index (χ3v) is 3.57. The van der Waals surface area contributed by atoms with E-state index in [0.29, 0.717) is 5.13 Å². The summed E-state index contributed by atoms with van der Waals surface area (Å²) in [4.78, 5) is 21.3. The standard InChI is InChI=1S/C15H15N3OS/c1-3-4-5-9-13(19)18-15-17-11(2)14(20-15)12-8-6-7-10-16-12/h3-10H,1-2H3,(H,17,18,19). The van der Waals surface area contributed by atoms with E-state index in [2.05, 4.69) is 15.3 Å². The minimum absolute atomic E-state index is 0.190. The first-order chi connectivity index (χ1) is 9.70. The Bertz CT molecular complexity index is 644. The van der Waals surface area contributed by atoms with E-state index in [-0.39, 0.29) is 5.91 Å². The highest BCUT2D eigenvalue weighted by molar-refractivity contribution is 7.19. The van der Waals surface area contributed by atoms with Gasteiger partial charge in [0.2, 0.25) is 5.91 Å². The van der Waals surface area contributed by atoms with E-state index < -0.39 is 0 Å². The van der Waals surface area contributed by atoms with Crippen LogP contribution in [0.25, 0.3) is 10.6 Å². The molecule has 0 spiro atoms. The van der Waals surface area contributed by atoms with E-state index >= 15 is 0 Å². The van der Waals surface area contributed by atoms with Gasteiger partial charge in [-0.2, -0.15) is 0 Å². The first kappa shape index (κ1) is 14.1. The average molecular weight is 285 g/mol. The summed E-state index contributed by atoms with van der Waals surface area (Å²) in [6.45, 7) is 3.80. The Balaban J connectivity index is 2.14. The third kappa shape index (κ3) is 3.61. The predicted molar refractivity (Wildman–Crippen MR) is 82.7 cm³/mol. The number of nitrogens with zero attached hydrogens (tertiary/aromatic N) is 2. The number of nitrogens with one attached hydrogen (secondary N) is 1. The van der Waals surface area contributed by atoms with Crippen molar-refractivity contribution in [3.63, 3.8) is 0 Å². The highest BCUT2D eigenvalue weighted by atomic mass is 32.1. The number of thiazole rings is 1. The fourth-order valence-corrected chi connectivity index (χ4v) is 2.53. The largest absolute Gasteiger partial charge is 0.298 e. The number of carbonyl (C=O) groups excluding carboxylic acids is 1. The molecule has 2 rings (SSSR count). The number of aromatic nitrogens is 2. The molecule has 0 bridgehead atoms. The maximum absolute atomic E-state index is 11.7. The van der Waals surface area contributed by atoms with Gasteiger partial charge in [0, 0.05) is 12.3 Å². The molecule has 0 saturated heterocycles. The van der Waals surface area contributed by atoms with Crippen LogP contribution in [0.1, 0.15) is 12.6 Å². The molecular formula is C15H15N3OS. The molecule has 2 aromatic rings. The molecule has 1 amide bonds. The lowest BCUT2D eigenvalue weighted by atomic mass is 10.3. The number of amides is 1. The Morgan fingerprint density at radius 2 is 2.20 bits per heavy atom. The molecule has 0 atom stereocenters. The van der Waals surface area contributed by atoms with E-state index in [1.807, 2.05) is 38.1 Å². The Morgan fingerprint density at radius 1 is 1.35 bits per heavy atom. The van der Waals surface area contributed by atoms with Gasteiger partial charge >= 0.3 is 0 Å². The predicted octanol–water partition coefficient (Wildman–Crippen LogP) is 3.58. The first-order valence-electron chi connectivity index (χ1n) is 6.20. The minimum atomic E-state index is -0.190. The smallest absolute Gasteiger partial charge is 0.250 e. The number of rotatable bonds is 4. The van der Waals surface area contributed by atoms with Crippen molar-refractivity contribution in [3.05, 3.63) is 54.4 Å². The second-order valence-electron chi connectivity index (χ2n) is 4.02. The fourth-order valence-electron chi connectivity index (χ4n) is 1.59. The quantitative estimate of drug-likeness (QED) is 0.690. The molecule has 0 aliphatic rings. The van der Waals surface area contributed by atoms with Crippen LogP contribution in [0.2, 0.25) is 0 Å². The molecule has 5 heteroatoms. The van der Waals surface area contributed by atoms with Crippen molar-refractivity contribution in [3.8, 4) is 10.6 Å². The third-order valence-electron chi connectivity index (χ3n) is 2.48. The highest BCUT2D eigenvalue weighted by Crippen LogP contribution is 2.31. The second kappa shape index (κ2) is 6.77. The van der Waals surface area contributed by atoms with Crippen molar-refractivity contribution in [2.45, 2.75) is 13.8 Å². The van der Waals surface area contributed by atoms with Crippen LogP contribution in [0.15, 0.2) is 48.7 Å². The topological polar surface area (TPSA) is 54.9 Å². The van der Waals surface area contributed by atoms with Crippen LogP contribution in [0.3, 0.4) is 0 Å². The van der Waals surface area contributed by atoms with Crippen molar-refractivity contribution in [2.24, 2.45) is 0 Å². The lowest BCUT2D eigenvalue weighted by Crippen LogP contribution is -2.07. The van der Waals surface area contributed by atoms with Crippen LogP contribution in [0.4, 0.5) is 5.13 Å². The van der Waals surface area contributed by atoms with E-state index in [4.69, 9.17) is 0 Å². The Labute approximate surface area is 121 Å². The van der Waals surface area contributed by atoms with E-state index in [9.17, 15) is 4.79 Å². The molecular weight excluding hydrogens is 270 g/mol. The monoisotopic (exact) mass is 285 g/mol. The van der Waals surface area contributed by atoms with Gasteiger partial charge < -0.3 is 0 Å². The number of hydrogen-bond donors (Lipinski definition) is 1. The van der Waals surface area contributed by atoms with E-state index in [1.165, 1.54) is 17.4 Å². The zero-order valence-corrected chi connectivity index (χ0v) is 12.1. The van der Waals surface area contributed by atoms with Crippen LogP contribution >= 0.6 is 11.3 Å². The molecule has 0 saturated carbocycles. The second-order valence-corrected chi connectivity index (χ2v) is 5.02. The Hall–Kier alpha value is -2.27. The van der Waals surface area contributed by atoms with Gasteiger partial charge in [-0.1, -0.05) is 35.6 Å². The zero-order valence-electron chi connectivity index (χ0n) is 11.3. The van der Waals surface area contributed by atoms with E-state index in [1.54, 1.807) is 18.3 Å². The molecule has 0 fully saturated rings. The molecule has 0 aromatic carbocycles. The minimum Gasteiger partial charge on any atom is -0.298 e. The number of aryl methyl sites for hydroxylation is 1. The normalized spacial score (nSPS) is 11.3. The fraction of sp³-hybridized carbons (Fsp3) is 0.133. The van der Waals surface area contributed by atoms with Gasteiger partial charge in [-0.15, -0.1) is 0 Å². The van der Waals surface area contributed by atoms with Crippen LogP contribution in [0, 0.1) is 6.92 Å². The summed E-state index contributed by atoms with van der Waals surface area (Å²) in [7, 11) is 0. The molecule has 1 N–H and O–H groups in total. The molecule has 2 aromatic heterocycles. The van der Waals surface area contributed by atoms with Gasteiger partial charge in [-0.25, -0.2) is 4.98 Å².